The summed E-state index contributed by atoms with van der Waals surface area (Å²) in [5.74, 6) is -0.671. The van der Waals surface area contributed by atoms with E-state index in [1.807, 2.05) is 0 Å². The van der Waals surface area contributed by atoms with E-state index in [0.29, 0.717) is 5.75 Å². The number of carbonyl (C=O) groups is 1. The number of benzene rings is 1. The van der Waals surface area contributed by atoms with Gasteiger partial charge in [-0.3, -0.25) is 0 Å². The molecule has 1 aromatic carbocycles. The molecule has 0 atom stereocenters. The zero-order valence-corrected chi connectivity index (χ0v) is 8.62. The first-order valence-corrected chi connectivity index (χ1v) is 4.62. The summed E-state index contributed by atoms with van der Waals surface area (Å²) in [6, 6.07) is 4.94. The molecule has 2 rings (SSSR count). The van der Waals surface area contributed by atoms with Crippen molar-refractivity contribution in [3.63, 3.8) is 0 Å². The maximum Gasteiger partial charge on any atom is 0.339 e. The number of nitrogens with zero attached hydrogens (tertiary/aromatic N) is 2. The lowest BCUT2D eigenvalue weighted by Gasteiger charge is -2.07. The Morgan fingerprint density at radius 2 is 2.31 bits per heavy atom. The summed E-state index contributed by atoms with van der Waals surface area (Å²) < 4.78 is 6.70. The van der Waals surface area contributed by atoms with Crippen LogP contribution in [0.2, 0.25) is 0 Å². The molecule has 1 aromatic heterocycles. The highest BCUT2D eigenvalue weighted by Crippen LogP contribution is 2.21. The van der Waals surface area contributed by atoms with Gasteiger partial charge < -0.3 is 14.4 Å². The minimum Gasteiger partial charge on any atom is -0.496 e. The molecule has 82 valence electrons. The minimum atomic E-state index is -1.01. The molecule has 0 fully saturated rings. The minimum absolute atomic E-state index is 0.133. The van der Waals surface area contributed by atoms with E-state index < -0.39 is 5.97 Å². The van der Waals surface area contributed by atoms with Crippen LogP contribution in [-0.4, -0.2) is 27.7 Å². The van der Waals surface area contributed by atoms with Gasteiger partial charge >= 0.3 is 5.97 Å². The number of carboxylic acid groups (broad SMARTS) is 1. The molecule has 0 aliphatic heterocycles. The van der Waals surface area contributed by atoms with Crippen molar-refractivity contribution in [3.05, 3.63) is 42.5 Å². The van der Waals surface area contributed by atoms with Crippen molar-refractivity contribution in [2.75, 3.05) is 7.11 Å². The van der Waals surface area contributed by atoms with Gasteiger partial charge in [-0.2, -0.15) is 0 Å². The fourth-order valence-corrected chi connectivity index (χ4v) is 1.44. The van der Waals surface area contributed by atoms with E-state index in [2.05, 4.69) is 4.98 Å². The molecule has 0 amide bonds. The first kappa shape index (κ1) is 10.2. The first-order chi connectivity index (χ1) is 7.72. The Morgan fingerprint density at radius 3 is 2.88 bits per heavy atom. The third kappa shape index (κ3) is 1.75. The first-order valence-electron chi connectivity index (χ1n) is 4.62. The monoisotopic (exact) mass is 218 g/mol. The molecule has 0 aliphatic carbocycles. The molecular weight excluding hydrogens is 208 g/mol. The fourth-order valence-electron chi connectivity index (χ4n) is 1.44. The van der Waals surface area contributed by atoms with Crippen LogP contribution < -0.4 is 4.74 Å². The van der Waals surface area contributed by atoms with Gasteiger partial charge in [-0.1, -0.05) is 0 Å². The molecule has 0 radical (unpaired) electrons. The van der Waals surface area contributed by atoms with E-state index in [1.165, 1.54) is 7.11 Å². The molecule has 0 unspecified atom stereocenters. The van der Waals surface area contributed by atoms with Crippen molar-refractivity contribution < 1.29 is 14.6 Å². The van der Waals surface area contributed by atoms with Crippen molar-refractivity contribution in [1.29, 1.82) is 0 Å². The number of aromatic nitrogens is 2. The fraction of sp³-hybridized carbons (Fsp3) is 0.0909. The molecule has 5 nitrogen and oxygen atoms in total. The Balaban J connectivity index is 2.51. The molecule has 2 aromatic rings. The lowest BCUT2D eigenvalue weighted by Crippen LogP contribution is -2.02. The van der Waals surface area contributed by atoms with Crippen LogP contribution in [0, 0.1) is 0 Å². The van der Waals surface area contributed by atoms with Gasteiger partial charge in [0.1, 0.15) is 11.3 Å². The summed E-state index contributed by atoms with van der Waals surface area (Å²) in [7, 11) is 1.44. The second kappa shape index (κ2) is 4.06. The second-order valence-electron chi connectivity index (χ2n) is 3.16. The van der Waals surface area contributed by atoms with Crippen LogP contribution in [0.4, 0.5) is 0 Å². The normalized spacial score (nSPS) is 10.1. The molecule has 0 spiro atoms. The number of methoxy groups -OCH3 is 1. The van der Waals surface area contributed by atoms with Gasteiger partial charge in [-0.15, -0.1) is 0 Å². The van der Waals surface area contributed by atoms with Crippen molar-refractivity contribution in [2.45, 2.75) is 0 Å². The van der Waals surface area contributed by atoms with Gasteiger partial charge in [-0.25, -0.2) is 9.78 Å². The van der Waals surface area contributed by atoms with E-state index in [9.17, 15) is 4.79 Å². The number of rotatable bonds is 3. The summed E-state index contributed by atoms with van der Waals surface area (Å²) in [4.78, 5) is 14.9. The predicted octanol–water partition coefficient (Wildman–Crippen LogP) is 1.58. The molecule has 0 bridgehead atoms. The molecule has 0 saturated carbocycles. The van der Waals surface area contributed by atoms with E-state index in [4.69, 9.17) is 9.84 Å². The number of imidazole rings is 1. The van der Waals surface area contributed by atoms with Gasteiger partial charge in [0.2, 0.25) is 0 Å². The summed E-state index contributed by atoms with van der Waals surface area (Å²) >= 11 is 0. The third-order valence-corrected chi connectivity index (χ3v) is 2.22. The van der Waals surface area contributed by atoms with Gasteiger partial charge in [0.15, 0.2) is 0 Å². The maximum absolute atomic E-state index is 11.0. The van der Waals surface area contributed by atoms with Crippen LogP contribution in [-0.2, 0) is 0 Å². The van der Waals surface area contributed by atoms with Gasteiger partial charge in [0, 0.05) is 18.1 Å². The largest absolute Gasteiger partial charge is 0.496 e. The maximum atomic E-state index is 11.0. The molecule has 0 aliphatic rings. The standard InChI is InChI=1S/C11H10N2O3/c1-16-10-3-2-8(6-9(10)11(14)15)13-5-4-12-7-13/h2-7H,1H3,(H,14,15). The number of carboxylic acids is 1. The topological polar surface area (TPSA) is 64.4 Å². The Morgan fingerprint density at radius 1 is 1.50 bits per heavy atom. The van der Waals surface area contributed by atoms with Gasteiger partial charge in [0.25, 0.3) is 0 Å². The summed E-state index contributed by atoms with van der Waals surface area (Å²) in [6.45, 7) is 0. The van der Waals surface area contributed by atoms with Crippen LogP contribution in [0.5, 0.6) is 5.75 Å². The number of aromatic carboxylic acids is 1. The average Bonchev–Trinajstić information content (AvgIpc) is 2.81. The zero-order valence-electron chi connectivity index (χ0n) is 8.62. The molecule has 1 heterocycles. The number of hydrogen-bond donors (Lipinski definition) is 1. The van der Waals surface area contributed by atoms with Crippen LogP contribution >= 0.6 is 0 Å². The second-order valence-corrected chi connectivity index (χ2v) is 3.16. The molecule has 1 N–H and O–H groups in total. The lowest BCUT2D eigenvalue weighted by atomic mass is 10.2. The van der Waals surface area contributed by atoms with Crippen molar-refractivity contribution in [1.82, 2.24) is 9.55 Å². The molecule has 5 heteroatoms. The predicted molar refractivity (Wildman–Crippen MR) is 57.1 cm³/mol. The summed E-state index contributed by atoms with van der Waals surface area (Å²) in [5, 5.41) is 9.01. The summed E-state index contributed by atoms with van der Waals surface area (Å²) in [5.41, 5.74) is 0.865. The van der Waals surface area contributed by atoms with Crippen molar-refractivity contribution in [2.24, 2.45) is 0 Å². The van der Waals surface area contributed by atoms with Crippen LogP contribution in [0.15, 0.2) is 36.9 Å². The molecule has 16 heavy (non-hydrogen) atoms. The highest BCUT2D eigenvalue weighted by Gasteiger charge is 2.11. The number of ether oxygens (including phenoxy) is 1. The number of hydrogen-bond acceptors (Lipinski definition) is 3. The van der Waals surface area contributed by atoms with E-state index in [-0.39, 0.29) is 5.56 Å². The Hall–Kier alpha value is -2.30. The zero-order chi connectivity index (χ0) is 11.5. The third-order valence-electron chi connectivity index (χ3n) is 2.22. The average molecular weight is 218 g/mol. The highest BCUT2D eigenvalue weighted by molar-refractivity contribution is 5.91. The smallest absolute Gasteiger partial charge is 0.339 e. The Kier molecular flexibility index (Phi) is 2.59. The van der Waals surface area contributed by atoms with Crippen molar-refractivity contribution in [3.8, 4) is 11.4 Å². The summed E-state index contributed by atoms with van der Waals surface area (Å²) in [6.07, 6.45) is 4.98. The lowest BCUT2D eigenvalue weighted by molar-refractivity contribution is 0.0693. The van der Waals surface area contributed by atoms with Crippen LogP contribution in [0.25, 0.3) is 5.69 Å². The quantitative estimate of drug-likeness (QED) is 0.849. The van der Waals surface area contributed by atoms with E-state index in [0.717, 1.165) is 5.69 Å². The SMILES string of the molecule is COc1ccc(-n2ccnc2)cc1C(=O)O. The van der Waals surface area contributed by atoms with E-state index in [1.54, 1.807) is 41.5 Å². The van der Waals surface area contributed by atoms with Crippen molar-refractivity contribution >= 4 is 5.97 Å². The van der Waals surface area contributed by atoms with Crippen LogP contribution in [0.3, 0.4) is 0 Å². The molecule has 0 saturated heterocycles. The molecular formula is C11H10N2O3. The highest BCUT2D eigenvalue weighted by atomic mass is 16.5. The van der Waals surface area contributed by atoms with E-state index >= 15 is 0 Å². The van der Waals surface area contributed by atoms with Gasteiger partial charge in [0.05, 0.1) is 13.4 Å². The van der Waals surface area contributed by atoms with Gasteiger partial charge in [-0.05, 0) is 18.2 Å². The Bertz CT molecular complexity index is 506. The van der Waals surface area contributed by atoms with Crippen LogP contribution in [0.1, 0.15) is 10.4 Å². The Labute approximate surface area is 91.9 Å².